The minimum absolute atomic E-state index is 0.00202. The van der Waals surface area contributed by atoms with E-state index in [9.17, 15) is 4.79 Å². The molecule has 2 aromatic rings. The van der Waals surface area contributed by atoms with Gasteiger partial charge >= 0.3 is 0 Å². The summed E-state index contributed by atoms with van der Waals surface area (Å²) in [5, 5.41) is 3.84. The third kappa shape index (κ3) is 6.67. The first kappa shape index (κ1) is 23.0. The second-order valence-corrected chi connectivity index (χ2v) is 8.37. The second-order valence-electron chi connectivity index (χ2n) is 7.94. The number of carbonyl (C=O) groups excluding carboxylic acids is 1. The monoisotopic (exact) mass is 434 g/mol. The molecular formula is C27H31ClN2O. The molecule has 0 spiro atoms. The molecule has 0 saturated carbocycles. The van der Waals surface area contributed by atoms with Crippen LogP contribution in [0.15, 0.2) is 71.2 Å². The van der Waals surface area contributed by atoms with E-state index >= 15 is 0 Å². The molecule has 0 fully saturated rings. The van der Waals surface area contributed by atoms with Crippen LogP contribution in [0.3, 0.4) is 0 Å². The van der Waals surface area contributed by atoms with Crippen molar-refractivity contribution in [2.24, 2.45) is 4.99 Å². The van der Waals surface area contributed by atoms with Gasteiger partial charge in [-0.25, -0.2) is 0 Å². The van der Waals surface area contributed by atoms with Crippen LogP contribution in [-0.4, -0.2) is 18.7 Å². The van der Waals surface area contributed by atoms with E-state index in [1.807, 2.05) is 36.4 Å². The Morgan fingerprint density at radius 2 is 2.03 bits per heavy atom. The van der Waals surface area contributed by atoms with Crippen LogP contribution in [-0.2, 0) is 4.79 Å². The molecule has 4 heteroatoms. The van der Waals surface area contributed by atoms with Gasteiger partial charge in [-0.05, 0) is 73.1 Å². The van der Waals surface area contributed by atoms with Crippen molar-refractivity contribution in [3.63, 3.8) is 0 Å². The Hall–Kier alpha value is -2.65. The predicted octanol–water partition coefficient (Wildman–Crippen LogP) is 6.87. The molecular weight excluding hydrogens is 404 g/mol. The number of allylic oxidation sites excluding steroid dienone is 2. The number of aryl methyl sites for hydroxylation is 1. The Kier molecular flexibility index (Phi) is 8.66. The van der Waals surface area contributed by atoms with Gasteiger partial charge < -0.3 is 5.32 Å². The predicted molar refractivity (Wildman–Crippen MR) is 132 cm³/mol. The lowest BCUT2D eigenvalue weighted by atomic mass is 9.96. The lowest BCUT2D eigenvalue weighted by molar-refractivity contribution is -0.117. The van der Waals surface area contributed by atoms with Gasteiger partial charge in [-0.1, -0.05) is 67.4 Å². The molecule has 0 saturated heterocycles. The molecule has 31 heavy (non-hydrogen) atoms. The average molecular weight is 435 g/mol. The van der Waals surface area contributed by atoms with Crippen molar-refractivity contribution < 1.29 is 4.79 Å². The minimum Gasteiger partial charge on any atom is -0.352 e. The van der Waals surface area contributed by atoms with E-state index < -0.39 is 0 Å². The molecule has 3 nitrogen and oxygen atoms in total. The first-order valence-electron chi connectivity index (χ1n) is 11.1. The third-order valence-corrected chi connectivity index (χ3v) is 5.84. The number of unbranched alkanes of at least 4 members (excludes halogenated alkanes) is 1. The maximum absolute atomic E-state index is 12.8. The first-order valence-corrected chi connectivity index (χ1v) is 11.5. The molecule has 3 rings (SSSR count). The van der Waals surface area contributed by atoms with Crippen molar-refractivity contribution >= 4 is 29.3 Å². The number of nitrogens with zero attached hydrogens (tertiary/aromatic N) is 1. The van der Waals surface area contributed by atoms with Crippen molar-refractivity contribution in [3.05, 3.63) is 88.0 Å². The van der Waals surface area contributed by atoms with Crippen LogP contribution in [0.1, 0.15) is 61.8 Å². The highest BCUT2D eigenvalue weighted by molar-refractivity contribution is 6.30. The van der Waals surface area contributed by atoms with E-state index in [1.54, 1.807) is 6.21 Å². The maximum atomic E-state index is 12.8. The second kappa shape index (κ2) is 11.7. The normalized spacial score (nSPS) is 16.5. The summed E-state index contributed by atoms with van der Waals surface area (Å²) in [4.78, 5) is 17.4. The molecule has 1 amide bonds. The molecule has 2 aromatic carbocycles. The van der Waals surface area contributed by atoms with Crippen LogP contribution in [0.5, 0.6) is 0 Å². The topological polar surface area (TPSA) is 41.5 Å². The Bertz CT molecular complexity index is 976. The Morgan fingerprint density at radius 1 is 1.23 bits per heavy atom. The van der Waals surface area contributed by atoms with Crippen LogP contribution in [0.4, 0.5) is 0 Å². The molecule has 0 aliphatic carbocycles. The summed E-state index contributed by atoms with van der Waals surface area (Å²) < 4.78 is 0. The van der Waals surface area contributed by atoms with Gasteiger partial charge in [-0.15, -0.1) is 0 Å². The summed E-state index contributed by atoms with van der Waals surface area (Å²) in [6.45, 7) is 4.86. The molecule has 1 unspecified atom stereocenters. The Labute approximate surface area is 190 Å². The zero-order valence-electron chi connectivity index (χ0n) is 18.4. The fraction of sp³-hybridized carbons (Fsp3) is 0.333. The fourth-order valence-corrected chi connectivity index (χ4v) is 4.01. The number of benzene rings is 2. The SMILES string of the molecule is CCCC=C(CCNC(=O)C1=CC=NC(c2ccccc2)CC1)c1cc(Cl)ccc1C. The van der Waals surface area contributed by atoms with Gasteiger partial charge in [0, 0.05) is 23.4 Å². The van der Waals surface area contributed by atoms with E-state index in [0.29, 0.717) is 6.54 Å². The maximum Gasteiger partial charge on any atom is 0.247 e. The van der Waals surface area contributed by atoms with Gasteiger partial charge in [-0.2, -0.15) is 0 Å². The average Bonchev–Trinajstić information content (AvgIpc) is 3.05. The molecule has 1 heterocycles. The Morgan fingerprint density at radius 3 is 2.81 bits per heavy atom. The largest absolute Gasteiger partial charge is 0.352 e. The number of nitrogens with one attached hydrogen (secondary N) is 1. The highest BCUT2D eigenvalue weighted by Crippen LogP contribution is 2.27. The number of aliphatic imine (C=N–C) groups is 1. The first-order chi connectivity index (χ1) is 15.1. The van der Waals surface area contributed by atoms with E-state index in [2.05, 4.69) is 48.4 Å². The van der Waals surface area contributed by atoms with Crippen molar-refractivity contribution in [1.82, 2.24) is 5.32 Å². The summed E-state index contributed by atoms with van der Waals surface area (Å²) in [6.07, 6.45) is 10.3. The lowest BCUT2D eigenvalue weighted by Crippen LogP contribution is -2.26. The van der Waals surface area contributed by atoms with Crippen molar-refractivity contribution in [2.75, 3.05) is 6.54 Å². The fourth-order valence-electron chi connectivity index (χ4n) is 3.83. The molecule has 1 atom stereocenters. The van der Waals surface area contributed by atoms with Crippen molar-refractivity contribution in [2.45, 2.75) is 52.0 Å². The molecule has 0 bridgehead atoms. The van der Waals surface area contributed by atoms with Gasteiger partial charge in [-0.3, -0.25) is 9.79 Å². The Balaban J connectivity index is 1.57. The minimum atomic E-state index is -0.00202. The standard InChI is InChI=1S/C27H31ClN2O/c1-3-4-8-21(25-19-24(28)13-11-20(25)2)15-18-30-27(31)23-12-14-26(29-17-16-23)22-9-6-5-7-10-22/h5-11,13,16-17,19,26H,3-4,12,14-15,18H2,1-2H3,(H,30,31). The highest BCUT2D eigenvalue weighted by Gasteiger charge is 2.16. The van der Waals surface area contributed by atoms with Crippen molar-refractivity contribution in [3.8, 4) is 0 Å². The molecule has 1 N–H and O–H groups in total. The molecule has 1 aliphatic heterocycles. The van der Waals surface area contributed by atoms with E-state index in [1.165, 1.54) is 22.3 Å². The summed E-state index contributed by atoms with van der Waals surface area (Å²) >= 11 is 6.24. The number of rotatable bonds is 8. The quantitative estimate of drug-likeness (QED) is 0.483. The summed E-state index contributed by atoms with van der Waals surface area (Å²) in [6, 6.07) is 16.4. The summed E-state index contributed by atoms with van der Waals surface area (Å²) in [5.41, 5.74) is 5.59. The number of amides is 1. The smallest absolute Gasteiger partial charge is 0.247 e. The van der Waals surface area contributed by atoms with Crippen LogP contribution < -0.4 is 5.32 Å². The van der Waals surface area contributed by atoms with Crippen LogP contribution >= 0.6 is 11.6 Å². The van der Waals surface area contributed by atoms with Gasteiger partial charge in [0.2, 0.25) is 5.91 Å². The zero-order valence-corrected chi connectivity index (χ0v) is 19.2. The van der Waals surface area contributed by atoms with E-state index in [-0.39, 0.29) is 11.9 Å². The molecule has 0 aromatic heterocycles. The van der Waals surface area contributed by atoms with Gasteiger partial charge in [0.25, 0.3) is 0 Å². The molecule has 162 valence electrons. The van der Waals surface area contributed by atoms with Crippen LogP contribution in [0.2, 0.25) is 5.02 Å². The lowest BCUT2D eigenvalue weighted by Gasteiger charge is -2.14. The third-order valence-electron chi connectivity index (χ3n) is 5.61. The van der Waals surface area contributed by atoms with Crippen LogP contribution in [0.25, 0.3) is 5.57 Å². The molecule has 0 radical (unpaired) electrons. The van der Waals surface area contributed by atoms with Gasteiger partial charge in [0.05, 0.1) is 6.04 Å². The number of carbonyl (C=O) groups is 1. The summed E-state index contributed by atoms with van der Waals surface area (Å²) in [5.74, 6) is -0.00202. The van der Waals surface area contributed by atoms with Gasteiger partial charge in [0.1, 0.15) is 0 Å². The summed E-state index contributed by atoms with van der Waals surface area (Å²) in [7, 11) is 0. The number of hydrogen-bond acceptors (Lipinski definition) is 2. The molecule has 1 aliphatic rings. The van der Waals surface area contributed by atoms with E-state index in [0.717, 1.165) is 42.7 Å². The number of halogens is 1. The van der Waals surface area contributed by atoms with E-state index in [4.69, 9.17) is 11.6 Å². The highest BCUT2D eigenvalue weighted by atomic mass is 35.5. The van der Waals surface area contributed by atoms with Crippen molar-refractivity contribution in [1.29, 1.82) is 0 Å². The van der Waals surface area contributed by atoms with Gasteiger partial charge in [0.15, 0.2) is 0 Å². The number of hydrogen-bond donors (Lipinski definition) is 1. The van der Waals surface area contributed by atoms with Crippen LogP contribution in [0, 0.1) is 6.92 Å². The zero-order chi connectivity index (χ0) is 22.1.